The predicted molar refractivity (Wildman–Crippen MR) is 108 cm³/mol. The van der Waals surface area contributed by atoms with Gasteiger partial charge in [-0.25, -0.2) is 9.59 Å². The number of nitro benzene ring substituents is 1. The Morgan fingerprint density at radius 1 is 1.13 bits per heavy atom. The SMILES string of the molecule is COC(=O)C1=C(c2ccc(OC)cc2)NC(=O)NC1c1cc(OC)c(O)c([N+](=O)[O-])c1. The molecule has 0 aliphatic carbocycles. The van der Waals surface area contributed by atoms with Gasteiger partial charge < -0.3 is 30.0 Å². The van der Waals surface area contributed by atoms with E-state index in [1.165, 1.54) is 27.4 Å². The summed E-state index contributed by atoms with van der Waals surface area (Å²) < 4.78 is 15.1. The molecule has 11 nitrogen and oxygen atoms in total. The quantitative estimate of drug-likeness (QED) is 0.360. The first-order valence-corrected chi connectivity index (χ1v) is 8.90. The topological polar surface area (TPSA) is 149 Å². The van der Waals surface area contributed by atoms with E-state index in [4.69, 9.17) is 14.2 Å². The molecule has 0 aromatic heterocycles. The van der Waals surface area contributed by atoms with Crippen molar-refractivity contribution in [2.24, 2.45) is 0 Å². The Labute approximate surface area is 176 Å². The van der Waals surface area contributed by atoms with Gasteiger partial charge in [-0.05, 0) is 41.5 Å². The van der Waals surface area contributed by atoms with Crippen LogP contribution >= 0.6 is 0 Å². The summed E-state index contributed by atoms with van der Waals surface area (Å²) in [6.45, 7) is 0. The fourth-order valence-electron chi connectivity index (χ4n) is 3.21. The van der Waals surface area contributed by atoms with E-state index in [9.17, 15) is 24.8 Å². The van der Waals surface area contributed by atoms with Crippen molar-refractivity contribution in [1.29, 1.82) is 0 Å². The van der Waals surface area contributed by atoms with Crippen LogP contribution in [0.1, 0.15) is 17.2 Å². The molecule has 0 saturated heterocycles. The first-order chi connectivity index (χ1) is 14.8. The molecule has 0 radical (unpaired) electrons. The zero-order valence-electron chi connectivity index (χ0n) is 16.8. The second-order valence-electron chi connectivity index (χ2n) is 6.39. The summed E-state index contributed by atoms with van der Waals surface area (Å²) in [6.07, 6.45) is 0. The summed E-state index contributed by atoms with van der Waals surface area (Å²) in [7, 11) is 3.90. The lowest BCUT2D eigenvalue weighted by Crippen LogP contribution is -2.45. The fraction of sp³-hybridized carbons (Fsp3) is 0.200. The Bertz CT molecular complexity index is 1080. The molecular weight excluding hydrogens is 410 g/mol. The minimum absolute atomic E-state index is 0.00862. The average Bonchev–Trinajstić information content (AvgIpc) is 2.78. The lowest BCUT2D eigenvalue weighted by Gasteiger charge is -2.29. The lowest BCUT2D eigenvalue weighted by molar-refractivity contribution is -0.386. The molecule has 1 unspecified atom stereocenters. The lowest BCUT2D eigenvalue weighted by atomic mass is 9.92. The van der Waals surface area contributed by atoms with Crippen molar-refractivity contribution in [3.8, 4) is 17.2 Å². The van der Waals surface area contributed by atoms with E-state index in [-0.39, 0.29) is 22.6 Å². The number of carbonyl (C=O) groups is 2. The third-order valence-corrected chi connectivity index (χ3v) is 4.68. The van der Waals surface area contributed by atoms with Gasteiger partial charge in [0.2, 0.25) is 5.75 Å². The van der Waals surface area contributed by atoms with E-state index in [2.05, 4.69) is 10.6 Å². The highest BCUT2D eigenvalue weighted by Crippen LogP contribution is 2.41. The van der Waals surface area contributed by atoms with E-state index in [0.717, 1.165) is 6.07 Å². The highest BCUT2D eigenvalue weighted by Gasteiger charge is 2.36. The molecule has 0 spiro atoms. The minimum Gasteiger partial charge on any atom is -0.500 e. The predicted octanol–water partition coefficient (Wildman–Crippen LogP) is 2.26. The number of hydrogen-bond acceptors (Lipinski definition) is 8. The van der Waals surface area contributed by atoms with Crippen LogP contribution in [-0.4, -0.2) is 43.4 Å². The number of phenolic OH excluding ortho intramolecular Hbond substituents is 1. The molecule has 3 N–H and O–H groups in total. The van der Waals surface area contributed by atoms with Gasteiger partial charge in [0.05, 0.1) is 43.6 Å². The number of nitrogens with one attached hydrogen (secondary N) is 2. The maximum absolute atomic E-state index is 12.7. The molecule has 1 aliphatic rings. The van der Waals surface area contributed by atoms with Gasteiger partial charge in [0.15, 0.2) is 5.75 Å². The summed E-state index contributed by atoms with van der Waals surface area (Å²) in [5, 5.41) is 26.6. The van der Waals surface area contributed by atoms with Crippen LogP contribution in [0.3, 0.4) is 0 Å². The largest absolute Gasteiger partial charge is 0.500 e. The molecule has 2 aromatic rings. The molecule has 2 amide bonds. The van der Waals surface area contributed by atoms with E-state index < -0.39 is 34.4 Å². The molecule has 0 fully saturated rings. The number of nitro groups is 1. The number of ether oxygens (including phenoxy) is 3. The van der Waals surface area contributed by atoms with Crippen molar-refractivity contribution in [3.63, 3.8) is 0 Å². The van der Waals surface area contributed by atoms with Crippen LogP contribution in [-0.2, 0) is 9.53 Å². The van der Waals surface area contributed by atoms with Gasteiger partial charge in [0.25, 0.3) is 0 Å². The summed E-state index contributed by atoms with van der Waals surface area (Å²) in [6, 6.07) is 7.17. The summed E-state index contributed by atoms with van der Waals surface area (Å²) >= 11 is 0. The molecule has 2 aromatic carbocycles. The normalized spacial score (nSPS) is 15.6. The van der Waals surface area contributed by atoms with Gasteiger partial charge in [0, 0.05) is 6.07 Å². The maximum atomic E-state index is 12.7. The zero-order chi connectivity index (χ0) is 22.7. The number of nitrogens with zero attached hydrogens (tertiary/aromatic N) is 1. The van der Waals surface area contributed by atoms with Crippen LogP contribution in [0.25, 0.3) is 5.70 Å². The van der Waals surface area contributed by atoms with Crippen LogP contribution in [0.5, 0.6) is 17.2 Å². The van der Waals surface area contributed by atoms with Gasteiger partial charge >= 0.3 is 17.7 Å². The summed E-state index contributed by atoms with van der Waals surface area (Å²) in [5.74, 6) is -1.06. The van der Waals surface area contributed by atoms with Crippen LogP contribution < -0.4 is 20.1 Å². The standard InChI is InChI=1S/C20H19N3O8/c1-29-12-6-4-10(5-7-12)16-15(19(25)31-3)17(22-20(26)21-16)11-8-13(23(27)28)18(24)14(9-11)30-2/h4-9,17,24H,1-3H3,(H2,21,22,26). The molecule has 31 heavy (non-hydrogen) atoms. The maximum Gasteiger partial charge on any atom is 0.338 e. The third kappa shape index (κ3) is 4.06. The van der Waals surface area contributed by atoms with Crippen molar-refractivity contribution in [1.82, 2.24) is 10.6 Å². The molecule has 3 rings (SSSR count). The van der Waals surface area contributed by atoms with Crippen molar-refractivity contribution >= 4 is 23.4 Å². The number of amides is 2. The van der Waals surface area contributed by atoms with E-state index in [1.54, 1.807) is 24.3 Å². The molecule has 0 saturated carbocycles. The van der Waals surface area contributed by atoms with Crippen molar-refractivity contribution in [3.05, 3.63) is 63.2 Å². The number of phenols is 1. The number of methoxy groups -OCH3 is 3. The Balaban J connectivity index is 2.25. The second-order valence-corrected chi connectivity index (χ2v) is 6.39. The molecule has 11 heteroatoms. The highest BCUT2D eigenvalue weighted by atomic mass is 16.6. The van der Waals surface area contributed by atoms with Crippen LogP contribution in [0.2, 0.25) is 0 Å². The Kier molecular flexibility index (Phi) is 5.95. The van der Waals surface area contributed by atoms with Gasteiger partial charge in [-0.1, -0.05) is 0 Å². The Hall–Kier alpha value is -4.28. The monoisotopic (exact) mass is 429 g/mol. The fourth-order valence-corrected chi connectivity index (χ4v) is 3.21. The first-order valence-electron chi connectivity index (χ1n) is 8.90. The van der Waals surface area contributed by atoms with Crippen molar-refractivity contribution < 1.29 is 33.8 Å². The van der Waals surface area contributed by atoms with E-state index >= 15 is 0 Å². The number of hydrogen-bond donors (Lipinski definition) is 3. The number of rotatable bonds is 6. The Morgan fingerprint density at radius 2 is 1.81 bits per heavy atom. The van der Waals surface area contributed by atoms with Gasteiger partial charge in [-0.2, -0.15) is 0 Å². The number of carbonyl (C=O) groups excluding carboxylic acids is 2. The summed E-state index contributed by atoms with van der Waals surface area (Å²) in [5.41, 5.74) is 0.161. The third-order valence-electron chi connectivity index (χ3n) is 4.68. The van der Waals surface area contributed by atoms with Crippen molar-refractivity contribution in [2.45, 2.75) is 6.04 Å². The van der Waals surface area contributed by atoms with Gasteiger partial charge in [0.1, 0.15) is 5.75 Å². The van der Waals surface area contributed by atoms with Crippen LogP contribution in [0, 0.1) is 10.1 Å². The zero-order valence-corrected chi connectivity index (χ0v) is 16.8. The Morgan fingerprint density at radius 3 is 2.35 bits per heavy atom. The van der Waals surface area contributed by atoms with Gasteiger partial charge in [-0.3, -0.25) is 10.1 Å². The molecule has 1 atom stereocenters. The van der Waals surface area contributed by atoms with Gasteiger partial charge in [-0.15, -0.1) is 0 Å². The molecule has 1 heterocycles. The summed E-state index contributed by atoms with van der Waals surface area (Å²) in [4.78, 5) is 35.7. The highest BCUT2D eigenvalue weighted by molar-refractivity contribution is 6.04. The van der Waals surface area contributed by atoms with E-state index in [0.29, 0.717) is 11.3 Å². The smallest absolute Gasteiger partial charge is 0.338 e. The molecular formula is C20H19N3O8. The molecule has 1 aliphatic heterocycles. The number of urea groups is 1. The average molecular weight is 429 g/mol. The molecule has 0 bridgehead atoms. The van der Waals surface area contributed by atoms with Crippen molar-refractivity contribution in [2.75, 3.05) is 21.3 Å². The second kappa shape index (κ2) is 8.61. The van der Waals surface area contributed by atoms with Crippen LogP contribution in [0.4, 0.5) is 10.5 Å². The van der Waals surface area contributed by atoms with E-state index in [1.807, 2.05) is 0 Å². The molecule has 162 valence electrons. The number of benzene rings is 2. The minimum atomic E-state index is -1.12. The number of aromatic hydroxyl groups is 1. The first kappa shape index (κ1) is 21.4. The van der Waals surface area contributed by atoms with Crippen LogP contribution in [0.15, 0.2) is 42.0 Å². The number of esters is 1.